The quantitative estimate of drug-likeness (QED) is 0.603. The Bertz CT molecular complexity index is 1090. The predicted molar refractivity (Wildman–Crippen MR) is 108 cm³/mol. The zero-order valence-corrected chi connectivity index (χ0v) is 17.0. The van der Waals surface area contributed by atoms with Crippen LogP contribution < -0.4 is 10.7 Å². The molecule has 0 spiro atoms. The Hall–Kier alpha value is -2.72. The molecule has 3 aromatic rings. The van der Waals surface area contributed by atoms with Crippen LogP contribution in [0.15, 0.2) is 53.7 Å². The number of carbonyl (C=O) groups excluding carboxylic acids is 1. The number of alkyl halides is 3. The van der Waals surface area contributed by atoms with Crippen molar-refractivity contribution in [2.75, 3.05) is 10.7 Å². The molecular formula is C19H15ClF3N5OS. The summed E-state index contributed by atoms with van der Waals surface area (Å²) in [4.78, 5) is 13.1. The van der Waals surface area contributed by atoms with Gasteiger partial charge in [0.25, 0.3) is 0 Å². The summed E-state index contributed by atoms with van der Waals surface area (Å²) < 4.78 is 40.6. The van der Waals surface area contributed by atoms with E-state index in [0.29, 0.717) is 16.0 Å². The molecule has 0 aliphatic carbocycles. The minimum absolute atomic E-state index is 0.0634. The number of amides is 1. The Kier molecular flexibility index (Phi) is 5.37. The number of hydrogen-bond donors (Lipinski definition) is 2. The first kappa shape index (κ1) is 20.5. The normalized spacial score (nSPS) is 18.4. The summed E-state index contributed by atoms with van der Waals surface area (Å²) in [5.41, 5.74) is 3.24. The van der Waals surface area contributed by atoms with Crippen molar-refractivity contribution >= 4 is 35.0 Å². The van der Waals surface area contributed by atoms with E-state index in [1.54, 1.807) is 35.9 Å². The summed E-state index contributed by atoms with van der Waals surface area (Å²) >= 11 is 7.16. The number of aromatic nitrogens is 3. The summed E-state index contributed by atoms with van der Waals surface area (Å²) in [7, 11) is 0. The Morgan fingerprint density at radius 1 is 1.20 bits per heavy atom. The van der Waals surface area contributed by atoms with Gasteiger partial charge in [0.1, 0.15) is 11.1 Å². The molecule has 0 fully saturated rings. The average Bonchev–Trinajstić information content (AvgIpc) is 3.07. The lowest BCUT2D eigenvalue weighted by molar-refractivity contribution is -0.137. The van der Waals surface area contributed by atoms with E-state index in [4.69, 9.17) is 11.6 Å². The van der Waals surface area contributed by atoms with E-state index in [-0.39, 0.29) is 5.69 Å². The predicted octanol–water partition coefficient (Wildman–Crippen LogP) is 4.66. The van der Waals surface area contributed by atoms with Crippen molar-refractivity contribution in [3.8, 4) is 0 Å². The van der Waals surface area contributed by atoms with Crippen LogP contribution in [0.2, 0.25) is 5.02 Å². The number of aryl methyl sites for hydroxylation is 1. The summed E-state index contributed by atoms with van der Waals surface area (Å²) in [5.74, 6) is 0.159. The average molecular weight is 454 g/mol. The molecule has 2 heterocycles. The van der Waals surface area contributed by atoms with Crippen LogP contribution in [0.3, 0.4) is 0 Å². The van der Waals surface area contributed by atoms with Crippen molar-refractivity contribution in [3.63, 3.8) is 0 Å². The van der Waals surface area contributed by atoms with Gasteiger partial charge in [-0.25, -0.2) is 4.68 Å². The van der Waals surface area contributed by atoms with E-state index < -0.39 is 28.9 Å². The molecule has 2 aromatic carbocycles. The third-order valence-electron chi connectivity index (χ3n) is 4.54. The van der Waals surface area contributed by atoms with Gasteiger partial charge < -0.3 is 10.7 Å². The molecule has 2 unspecified atom stereocenters. The molecule has 0 saturated carbocycles. The van der Waals surface area contributed by atoms with Crippen LogP contribution in [-0.2, 0) is 11.0 Å². The fraction of sp³-hybridized carbons (Fsp3) is 0.211. The lowest BCUT2D eigenvalue weighted by atomic mass is 10.0. The number of hydrogen-bond acceptors (Lipinski definition) is 5. The molecule has 0 radical (unpaired) electrons. The van der Waals surface area contributed by atoms with Crippen molar-refractivity contribution in [2.45, 2.75) is 29.5 Å². The number of halogens is 4. The van der Waals surface area contributed by atoms with Gasteiger partial charge in [0.2, 0.25) is 11.1 Å². The first-order valence-corrected chi connectivity index (χ1v) is 10.1. The first-order valence-electron chi connectivity index (χ1n) is 8.81. The topological polar surface area (TPSA) is 71.8 Å². The fourth-order valence-corrected chi connectivity index (χ4v) is 4.32. The highest BCUT2D eigenvalue weighted by atomic mass is 35.5. The molecule has 2 atom stereocenters. The minimum atomic E-state index is -4.50. The fourth-order valence-electron chi connectivity index (χ4n) is 3.07. The summed E-state index contributed by atoms with van der Waals surface area (Å²) in [6, 6.07) is 11.0. The van der Waals surface area contributed by atoms with Crippen LogP contribution in [-0.4, -0.2) is 26.0 Å². The standard InChI is InChI=1S/C19H15ClF3N5OS/c1-10-25-26-18-28(10)27-15(11-5-7-13(20)8-6-11)16(30-18)17(29)24-14-4-2-3-12(9-14)19(21,22)23/h2-9,15-16,27H,1H3,(H,24,29). The summed E-state index contributed by atoms with van der Waals surface area (Å²) in [6.45, 7) is 1.77. The first-order chi connectivity index (χ1) is 14.2. The van der Waals surface area contributed by atoms with Gasteiger partial charge in [-0.05, 0) is 42.8 Å². The van der Waals surface area contributed by atoms with Gasteiger partial charge >= 0.3 is 6.18 Å². The van der Waals surface area contributed by atoms with Gasteiger partial charge in [-0.1, -0.05) is 41.6 Å². The molecule has 1 aliphatic heterocycles. The van der Waals surface area contributed by atoms with Gasteiger partial charge in [-0.15, -0.1) is 10.2 Å². The van der Waals surface area contributed by atoms with E-state index in [1.165, 1.54) is 23.9 Å². The highest BCUT2D eigenvalue weighted by molar-refractivity contribution is 8.00. The van der Waals surface area contributed by atoms with Crippen molar-refractivity contribution in [2.24, 2.45) is 0 Å². The molecule has 0 saturated heterocycles. The molecule has 2 N–H and O–H groups in total. The Morgan fingerprint density at radius 2 is 1.93 bits per heavy atom. The van der Waals surface area contributed by atoms with Crippen LogP contribution in [0.1, 0.15) is 23.0 Å². The van der Waals surface area contributed by atoms with Crippen LogP contribution in [0.25, 0.3) is 0 Å². The number of fused-ring (bicyclic) bond motifs is 1. The van der Waals surface area contributed by atoms with E-state index in [2.05, 4.69) is 20.9 Å². The molecule has 11 heteroatoms. The SMILES string of the molecule is Cc1nnc2n1NC(c1ccc(Cl)cc1)C(C(=O)Nc1cccc(C(F)(F)F)c1)S2. The van der Waals surface area contributed by atoms with E-state index >= 15 is 0 Å². The maximum Gasteiger partial charge on any atom is 0.416 e. The zero-order valence-electron chi connectivity index (χ0n) is 15.4. The van der Waals surface area contributed by atoms with Gasteiger partial charge in [0.05, 0.1) is 11.6 Å². The molecule has 6 nitrogen and oxygen atoms in total. The molecule has 1 aromatic heterocycles. The largest absolute Gasteiger partial charge is 0.416 e. The van der Waals surface area contributed by atoms with E-state index in [9.17, 15) is 18.0 Å². The second kappa shape index (κ2) is 7.84. The number of rotatable bonds is 3. The van der Waals surface area contributed by atoms with Crippen LogP contribution in [0, 0.1) is 6.92 Å². The maximum atomic E-state index is 13.1. The smallest absolute Gasteiger partial charge is 0.325 e. The Balaban J connectivity index is 1.64. The third-order valence-corrected chi connectivity index (χ3v) is 6.01. The van der Waals surface area contributed by atoms with Gasteiger partial charge in [-0.2, -0.15) is 13.2 Å². The minimum Gasteiger partial charge on any atom is -0.325 e. The Labute approximate surface area is 178 Å². The lowest BCUT2D eigenvalue weighted by Gasteiger charge is -2.32. The molecule has 1 amide bonds. The molecular weight excluding hydrogens is 439 g/mol. The van der Waals surface area contributed by atoms with Crippen molar-refractivity contribution < 1.29 is 18.0 Å². The molecule has 4 rings (SSSR count). The van der Waals surface area contributed by atoms with E-state index in [1.807, 2.05) is 0 Å². The van der Waals surface area contributed by atoms with Gasteiger partial charge in [-0.3, -0.25) is 4.79 Å². The van der Waals surface area contributed by atoms with Crippen LogP contribution in [0.5, 0.6) is 0 Å². The molecule has 30 heavy (non-hydrogen) atoms. The molecule has 156 valence electrons. The maximum absolute atomic E-state index is 13.1. The zero-order chi connectivity index (χ0) is 21.5. The van der Waals surface area contributed by atoms with Crippen molar-refractivity contribution in [1.82, 2.24) is 14.9 Å². The molecule has 0 bridgehead atoms. The highest BCUT2D eigenvalue weighted by Gasteiger charge is 2.38. The monoisotopic (exact) mass is 453 g/mol. The third kappa shape index (κ3) is 4.10. The number of nitrogens with zero attached hydrogens (tertiary/aromatic N) is 3. The van der Waals surface area contributed by atoms with Crippen LogP contribution in [0.4, 0.5) is 18.9 Å². The number of nitrogens with one attached hydrogen (secondary N) is 2. The lowest BCUT2D eigenvalue weighted by Crippen LogP contribution is -2.41. The number of benzene rings is 2. The number of thioether (sulfide) groups is 1. The second-order valence-electron chi connectivity index (χ2n) is 6.63. The Morgan fingerprint density at radius 3 is 2.63 bits per heavy atom. The molecule has 1 aliphatic rings. The van der Waals surface area contributed by atoms with Crippen LogP contribution >= 0.6 is 23.4 Å². The number of anilines is 1. The van der Waals surface area contributed by atoms with Gasteiger partial charge in [0.15, 0.2) is 0 Å². The number of carbonyl (C=O) groups is 1. The summed E-state index contributed by atoms with van der Waals surface area (Å²) in [6.07, 6.45) is -4.50. The van der Waals surface area contributed by atoms with E-state index in [0.717, 1.165) is 17.7 Å². The van der Waals surface area contributed by atoms with Crippen molar-refractivity contribution in [1.29, 1.82) is 0 Å². The van der Waals surface area contributed by atoms with Gasteiger partial charge in [0, 0.05) is 10.7 Å². The summed E-state index contributed by atoms with van der Waals surface area (Å²) in [5, 5.41) is 11.0. The highest BCUT2D eigenvalue weighted by Crippen LogP contribution is 2.38. The second-order valence-corrected chi connectivity index (χ2v) is 8.17. The van der Waals surface area contributed by atoms with Crippen molar-refractivity contribution in [3.05, 3.63) is 70.5 Å².